The third-order valence-corrected chi connectivity index (χ3v) is 4.68. The lowest BCUT2D eigenvalue weighted by atomic mass is 10.1. The van der Waals surface area contributed by atoms with Gasteiger partial charge in [0.2, 0.25) is 0 Å². The van der Waals surface area contributed by atoms with Crippen LogP contribution in [0.25, 0.3) is 34.0 Å². The van der Waals surface area contributed by atoms with Gasteiger partial charge in [-0.15, -0.1) is 0 Å². The van der Waals surface area contributed by atoms with Crippen molar-refractivity contribution in [2.45, 2.75) is 13.5 Å². The summed E-state index contributed by atoms with van der Waals surface area (Å²) in [5.74, 6) is 0. The minimum atomic E-state index is -0.384. The molecule has 0 aliphatic heterocycles. The van der Waals surface area contributed by atoms with Crippen LogP contribution in [0.1, 0.15) is 18.1 Å². The molecule has 0 unspecified atom stereocenters. The first-order valence-electron chi connectivity index (χ1n) is 8.61. The molecular weight excluding hydrogens is 324 g/mol. The molecule has 0 N–H and O–H groups in total. The van der Waals surface area contributed by atoms with Crippen molar-refractivity contribution < 1.29 is 4.92 Å². The average molecular weight is 342 g/mol. The summed E-state index contributed by atoms with van der Waals surface area (Å²) in [6, 6.07) is 21.5. The molecule has 0 atom stereocenters. The van der Waals surface area contributed by atoms with Crippen LogP contribution in [-0.4, -0.2) is 9.49 Å². The van der Waals surface area contributed by atoms with E-state index in [0.717, 1.165) is 17.7 Å². The van der Waals surface area contributed by atoms with Gasteiger partial charge in [-0.2, -0.15) is 0 Å². The van der Waals surface area contributed by atoms with Crippen molar-refractivity contribution in [3.8, 4) is 0 Å². The minimum absolute atomic E-state index is 0.107. The summed E-state index contributed by atoms with van der Waals surface area (Å²) < 4.78 is 2.33. The number of nitro groups is 1. The molecule has 0 radical (unpaired) electrons. The number of benzene rings is 3. The number of fused-ring (bicyclic) bond motifs is 3. The number of para-hydroxylation sites is 1. The van der Waals surface area contributed by atoms with E-state index in [-0.39, 0.29) is 10.6 Å². The standard InChI is InChI=1S/C22H18N2O2/c1-2-23-21-6-4-3-5-19(21)20-15-17(11-14-22(20)23)8-7-16-9-12-18(13-10-16)24(25)26/h3-15H,2H2,1H3. The lowest BCUT2D eigenvalue weighted by Crippen LogP contribution is -1.92. The van der Waals surface area contributed by atoms with E-state index in [0.29, 0.717) is 0 Å². The van der Waals surface area contributed by atoms with Crippen LogP contribution < -0.4 is 0 Å². The summed E-state index contributed by atoms with van der Waals surface area (Å²) in [7, 11) is 0. The molecule has 26 heavy (non-hydrogen) atoms. The summed E-state index contributed by atoms with van der Waals surface area (Å²) in [4.78, 5) is 10.4. The van der Waals surface area contributed by atoms with Crippen LogP contribution in [0.4, 0.5) is 5.69 Å². The van der Waals surface area contributed by atoms with Crippen molar-refractivity contribution in [2.75, 3.05) is 0 Å². The van der Waals surface area contributed by atoms with Crippen LogP contribution >= 0.6 is 0 Å². The number of non-ortho nitro benzene ring substituents is 1. The number of rotatable bonds is 4. The largest absolute Gasteiger partial charge is 0.341 e. The molecule has 4 nitrogen and oxygen atoms in total. The number of hydrogen-bond acceptors (Lipinski definition) is 2. The fourth-order valence-electron chi connectivity index (χ4n) is 3.42. The van der Waals surface area contributed by atoms with E-state index in [4.69, 9.17) is 0 Å². The number of aryl methyl sites for hydroxylation is 1. The molecule has 128 valence electrons. The molecule has 4 aromatic rings. The molecule has 0 amide bonds. The highest BCUT2D eigenvalue weighted by atomic mass is 16.6. The second-order valence-electron chi connectivity index (χ2n) is 6.22. The Morgan fingerprint density at radius 1 is 0.885 bits per heavy atom. The van der Waals surface area contributed by atoms with Gasteiger partial charge >= 0.3 is 0 Å². The van der Waals surface area contributed by atoms with E-state index in [1.165, 1.54) is 33.9 Å². The quantitative estimate of drug-likeness (QED) is 0.264. The predicted molar refractivity (Wildman–Crippen MR) is 107 cm³/mol. The summed E-state index contributed by atoms with van der Waals surface area (Å²) >= 11 is 0. The van der Waals surface area contributed by atoms with Crippen molar-refractivity contribution in [1.29, 1.82) is 0 Å². The topological polar surface area (TPSA) is 48.1 Å². The van der Waals surface area contributed by atoms with E-state index >= 15 is 0 Å². The highest BCUT2D eigenvalue weighted by Crippen LogP contribution is 2.30. The third kappa shape index (κ3) is 2.75. The van der Waals surface area contributed by atoms with E-state index in [2.05, 4.69) is 54.0 Å². The van der Waals surface area contributed by atoms with E-state index < -0.39 is 0 Å². The van der Waals surface area contributed by atoms with Gasteiger partial charge < -0.3 is 4.57 Å². The zero-order valence-corrected chi connectivity index (χ0v) is 14.4. The number of hydrogen-bond donors (Lipinski definition) is 0. The van der Waals surface area contributed by atoms with Gasteiger partial charge in [0, 0.05) is 40.5 Å². The lowest BCUT2D eigenvalue weighted by Gasteiger charge is -2.02. The summed E-state index contributed by atoms with van der Waals surface area (Å²) in [5, 5.41) is 13.2. The van der Waals surface area contributed by atoms with E-state index in [9.17, 15) is 10.1 Å². The molecule has 0 aliphatic rings. The Bertz CT molecular complexity index is 1140. The Labute approximate surface area is 151 Å². The molecule has 1 aromatic heterocycles. The zero-order chi connectivity index (χ0) is 18.1. The summed E-state index contributed by atoms with van der Waals surface area (Å²) in [5.41, 5.74) is 4.64. The van der Waals surface area contributed by atoms with Gasteiger partial charge in [-0.05, 0) is 48.4 Å². The molecule has 0 saturated carbocycles. The Morgan fingerprint density at radius 3 is 2.27 bits per heavy atom. The molecular formula is C22H18N2O2. The van der Waals surface area contributed by atoms with Crippen LogP contribution in [0.3, 0.4) is 0 Å². The highest BCUT2D eigenvalue weighted by molar-refractivity contribution is 6.08. The van der Waals surface area contributed by atoms with Crippen LogP contribution in [0, 0.1) is 10.1 Å². The molecule has 4 heteroatoms. The van der Waals surface area contributed by atoms with Crippen LogP contribution in [-0.2, 0) is 6.54 Å². The Balaban J connectivity index is 1.73. The molecule has 1 heterocycles. The lowest BCUT2D eigenvalue weighted by molar-refractivity contribution is -0.384. The first-order valence-corrected chi connectivity index (χ1v) is 8.61. The molecule has 0 saturated heterocycles. The molecule has 0 fully saturated rings. The highest BCUT2D eigenvalue weighted by Gasteiger charge is 2.09. The van der Waals surface area contributed by atoms with Crippen molar-refractivity contribution in [3.05, 3.63) is 88.0 Å². The third-order valence-electron chi connectivity index (χ3n) is 4.68. The second kappa shape index (κ2) is 6.48. The Hall–Kier alpha value is -3.40. The second-order valence-corrected chi connectivity index (χ2v) is 6.22. The van der Waals surface area contributed by atoms with Gasteiger partial charge in [-0.25, -0.2) is 0 Å². The fourth-order valence-corrected chi connectivity index (χ4v) is 3.42. The minimum Gasteiger partial charge on any atom is -0.341 e. The molecule has 4 rings (SSSR count). The Kier molecular flexibility index (Phi) is 4.01. The number of nitrogens with zero attached hydrogens (tertiary/aromatic N) is 2. The molecule has 0 aliphatic carbocycles. The molecule has 3 aromatic carbocycles. The smallest absolute Gasteiger partial charge is 0.269 e. The summed E-state index contributed by atoms with van der Waals surface area (Å²) in [6.07, 6.45) is 4.02. The number of aromatic nitrogens is 1. The van der Waals surface area contributed by atoms with E-state index in [1.54, 1.807) is 12.1 Å². The average Bonchev–Trinajstić information content (AvgIpc) is 2.99. The van der Waals surface area contributed by atoms with Crippen LogP contribution in [0.2, 0.25) is 0 Å². The molecule has 0 bridgehead atoms. The number of nitro benzene ring substituents is 1. The van der Waals surface area contributed by atoms with Gasteiger partial charge in [0.05, 0.1) is 4.92 Å². The van der Waals surface area contributed by atoms with Crippen molar-refractivity contribution >= 4 is 39.6 Å². The maximum absolute atomic E-state index is 10.7. The SMILES string of the molecule is CCn1c2ccccc2c2cc(C=Cc3ccc([N+](=O)[O-])cc3)ccc21. The predicted octanol–water partition coefficient (Wildman–Crippen LogP) is 5.89. The van der Waals surface area contributed by atoms with Gasteiger partial charge in [0.15, 0.2) is 0 Å². The first kappa shape index (κ1) is 16.1. The molecule has 0 spiro atoms. The van der Waals surface area contributed by atoms with Crippen LogP contribution in [0.15, 0.2) is 66.7 Å². The summed E-state index contributed by atoms with van der Waals surface area (Å²) in [6.45, 7) is 3.09. The zero-order valence-electron chi connectivity index (χ0n) is 14.4. The maximum atomic E-state index is 10.7. The van der Waals surface area contributed by atoms with Gasteiger partial charge in [0.25, 0.3) is 5.69 Å². The first-order chi connectivity index (χ1) is 12.7. The van der Waals surface area contributed by atoms with Gasteiger partial charge in [-0.3, -0.25) is 10.1 Å². The Morgan fingerprint density at radius 2 is 1.54 bits per heavy atom. The van der Waals surface area contributed by atoms with Gasteiger partial charge in [-0.1, -0.05) is 36.4 Å². The van der Waals surface area contributed by atoms with Crippen molar-refractivity contribution in [1.82, 2.24) is 4.57 Å². The fraction of sp³-hybridized carbons (Fsp3) is 0.0909. The maximum Gasteiger partial charge on any atom is 0.269 e. The van der Waals surface area contributed by atoms with Crippen molar-refractivity contribution in [2.24, 2.45) is 0 Å². The van der Waals surface area contributed by atoms with Gasteiger partial charge in [0.1, 0.15) is 0 Å². The van der Waals surface area contributed by atoms with E-state index in [1.807, 2.05) is 12.2 Å². The monoisotopic (exact) mass is 342 g/mol. The normalized spacial score (nSPS) is 11.6. The van der Waals surface area contributed by atoms with Crippen molar-refractivity contribution in [3.63, 3.8) is 0 Å². The van der Waals surface area contributed by atoms with Crippen LogP contribution in [0.5, 0.6) is 0 Å².